The number of nitrogens with zero attached hydrogens (tertiary/aromatic N) is 1. The topological polar surface area (TPSA) is 45.7 Å². The Morgan fingerprint density at radius 3 is 2.52 bits per heavy atom. The molecule has 0 aliphatic rings. The van der Waals surface area contributed by atoms with Crippen LogP contribution in [-0.2, 0) is 6.42 Å². The molecule has 25 heavy (non-hydrogen) atoms. The lowest BCUT2D eigenvalue weighted by atomic mass is 10.1. The molecule has 0 heterocycles. The van der Waals surface area contributed by atoms with E-state index in [1.807, 2.05) is 13.0 Å². The van der Waals surface area contributed by atoms with Crippen molar-refractivity contribution >= 4 is 5.96 Å². The van der Waals surface area contributed by atoms with E-state index in [0.29, 0.717) is 5.96 Å². The van der Waals surface area contributed by atoms with Crippen LogP contribution in [0.2, 0.25) is 0 Å². The molecule has 0 fully saturated rings. The molecule has 1 atom stereocenters. The third-order valence-electron chi connectivity index (χ3n) is 4.08. The molecule has 0 amide bonds. The molecule has 0 bridgehead atoms. The van der Waals surface area contributed by atoms with Gasteiger partial charge in [0.15, 0.2) is 17.5 Å². The van der Waals surface area contributed by atoms with Gasteiger partial charge in [-0.2, -0.15) is 0 Å². The average molecular weight is 343 g/mol. The van der Waals surface area contributed by atoms with E-state index in [2.05, 4.69) is 46.8 Å². The summed E-state index contributed by atoms with van der Waals surface area (Å²) < 4.78 is 18.8. The summed E-state index contributed by atoms with van der Waals surface area (Å²) in [5.41, 5.74) is 3.37. The predicted octanol–water partition coefficient (Wildman–Crippen LogP) is 3.61. The van der Waals surface area contributed by atoms with Crippen LogP contribution in [0.5, 0.6) is 5.75 Å². The fourth-order valence-electron chi connectivity index (χ4n) is 2.52. The van der Waals surface area contributed by atoms with Crippen LogP contribution in [0, 0.1) is 12.7 Å². The van der Waals surface area contributed by atoms with E-state index in [1.165, 1.54) is 24.3 Å². The molecule has 2 aromatic rings. The molecule has 1 unspecified atom stereocenters. The van der Waals surface area contributed by atoms with Crippen LogP contribution in [0.3, 0.4) is 0 Å². The maximum absolute atomic E-state index is 13.9. The summed E-state index contributed by atoms with van der Waals surface area (Å²) in [6.07, 6.45) is 0.909. The van der Waals surface area contributed by atoms with Gasteiger partial charge in [0.25, 0.3) is 0 Å². The first kappa shape index (κ1) is 18.8. The maximum atomic E-state index is 13.9. The van der Waals surface area contributed by atoms with Gasteiger partial charge in [0.05, 0.1) is 13.2 Å². The molecule has 5 heteroatoms. The highest BCUT2D eigenvalue weighted by molar-refractivity contribution is 5.80. The number of nitrogens with one attached hydrogen (secondary N) is 2. The Balaban J connectivity index is 1.88. The molecule has 0 spiro atoms. The summed E-state index contributed by atoms with van der Waals surface area (Å²) in [6, 6.07) is 13.4. The molecule has 2 aromatic carbocycles. The van der Waals surface area contributed by atoms with Crippen molar-refractivity contribution in [3.63, 3.8) is 0 Å². The van der Waals surface area contributed by atoms with Crippen molar-refractivity contribution in [3.8, 4) is 5.75 Å². The summed E-state index contributed by atoms with van der Waals surface area (Å²) in [6.45, 7) is 4.82. The SMILES string of the molecule is CN=C(NCCc1ccc(C)cc1)NC(C)c1ccc(OC)c(F)c1. The number of aryl methyl sites for hydroxylation is 1. The summed E-state index contributed by atoms with van der Waals surface area (Å²) in [5.74, 6) is 0.573. The molecule has 0 saturated heterocycles. The van der Waals surface area contributed by atoms with E-state index in [9.17, 15) is 4.39 Å². The van der Waals surface area contributed by atoms with Gasteiger partial charge in [-0.15, -0.1) is 0 Å². The van der Waals surface area contributed by atoms with E-state index in [1.54, 1.807) is 13.1 Å². The summed E-state index contributed by atoms with van der Waals surface area (Å²) in [7, 11) is 3.18. The number of halogens is 1. The monoisotopic (exact) mass is 343 g/mol. The van der Waals surface area contributed by atoms with Gasteiger partial charge in [-0.1, -0.05) is 35.9 Å². The molecule has 4 nitrogen and oxygen atoms in total. The van der Waals surface area contributed by atoms with Crippen molar-refractivity contribution < 1.29 is 9.13 Å². The van der Waals surface area contributed by atoms with Crippen LogP contribution < -0.4 is 15.4 Å². The molecule has 0 saturated carbocycles. The predicted molar refractivity (Wildman–Crippen MR) is 101 cm³/mol. The Labute approximate surface area is 149 Å². The Morgan fingerprint density at radius 1 is 1.20 bits per heavy atom. The Morgan fingerprint density at radius 2 is 1.92 bits per heavy atom. The Bertz CT molecular complexity index is 713. The van der Waals surface area contributed by atoms with E-state index >= 15 is 0 Å². The highest BCUT2D eigenvalue weighted by Gasteiger charge is 2.11. The first-order valence-electron chi connectivity index (χ1n) is 8.39. The van der Waals surface area contributed by atoms with Gasteiger partial charge in [-0.25, -0.2) is 4.39 Å². The third-order valence-corrected chi connectivity index (χ3v) is 4.08. The molecular formula is C20H26FN3O. The highest BCUT2D eigenvalue weighted by atomic mass is 19.1. The standard InChI is InChI=1S/C20H26FN3O/c1-14-5-7-16(8-6-14)11-12-23-20(22-3)24-15(2)17-9-10-19(25-4)18(21)13-17/h5-10,13,15H,11-12H2,1-4H3,(H2,22,23,24). The van der Waals surface area contributed by atoms with Gasteiger partial charge < -0.3 is 15.4 Å². The van der Waals surface area contributed by atoms with Crippen molar-refractivity contribution in [1.82, 2.24) is 10.6 Å². The van der Waals surface area contributed by atoms with E-state index < -0.39 is 0 Å². The second-order valence-corrected chi connectivity index (χ2v) is 5.99. The van der Waals surface area contributed by atoms with Crippen LogP contribution in [0.25, 0.3) is 0 Å². The second-order valence-electron chi connectivity index (χ2n) is 5.99. The first-order valence-corrected chi connectivity index (χ1v) is 8.39. The van der Waals surface area contributed by atoms with E-state index in [0.717, 1.165) is 18.5 Å². The summed E-state index contributed by atoms with van der Waals surface area (Å²) >= 11 is 0. The second kappa shape index (κ2) is 9.06. The molecule has 2 rings (SSSR count). The van der Waals surface area contributed by atoms with E-state index in [-0.39, 0.29) is 17.6 Å². The number of hydrogen-bond donors (Lipinski definition) is 2. The van der Waals surface area contributed by atoms with E-state index in [4.69, 9.17) is 4.74 Å². The summed E-state index contributed by atoms with van der Waals surface area (Å²) in [5, 5.41) is 6.57. The summed E-state index contributed by atoms with van der Waals surface area (Å²) in [4.78, 5) is 4.23. The van der Waals surface area contributed by atoms with Crippen LogP contribution >= 0.6 is 0 Å². The molecule has 0 aliphatic heterocycles. The van der Waals surface area contributed by atoms with Crippen LogP contribution in [0.1, 0.15) is 29.7 Å². The number of benzene rings is 2. The third kappa shape index (κ3) is 5.48. The lowest BCUT2D eigenvalue weighted by Gasteiger charge is -2.19. The van der Waals surface area contributed by atoms with Crippen molar-refractivity contribution in [1.29, 1.82) is 0 Å². The van der Waals surface area contributed by atoms with Crippen molar-refractivity contribution in [3.05, 3.63) is 65.0 Å². The maximum Gasteiger partial charge on any atom is 0.191 e. The van der Waals surface area contributed by atoms with Gasteiger partial charge in [0.1, 0.15) is 0 Å². The number of hydrogen-bond acceptors (Lipinski definition) is 2. The zero-order chi connectivity index (χ0) is 18.2. The normalized spacial score (nSPS) is 12.6. The molecule has 2 N–H and O–H groups in total. The van der Waals surface area contributed by atoms with Gasteiger partial charge >= 0.3 is 0 Å². The minimum atomic E-state index is -0.365. The quantitative estimate of drug-likeness (QED) is 0.622. The number of methoxy groups -OCH3 is 1. The lowest BCUT2D eigenvalue weighted by Crippen LogP contribution is -2.39. The number of rotatable bonds is 6. The average Bonchev–Trinajstić information content (AvgIpc) is 2.62. The largest absolute Gasteiger partial charge is 0.494 e. The van der Waals surface area contributed by atoms with Crippen molar-refractivity contribution in [2.75, 3.05) is 20.7 Å². The van der Waals surface area contributed by atoms with Crippen molar-refractivity contribution in [2.24, 2.45) is 4.99 Å². The smallest absolute Gasteiger partial charge is 0.191 e. The number of guanidine groups is 1. The fourth-order valence-corrected chi connectivity index (χ4v) is 2.52. The Kier molecular flexibility index (Phi) is 6.81. The van der Waals surface area contributed by atoms with Gasteiger partial charge in [0, 0.05) is 13.6 Å². The van der Waals surface area contributed by atoms with Crippen LogP contribution in [-0.4, -0.2) is 26.7 Å². The van der Waals surface area contributed by atoms with Crippen LogP contribution in [0.15, 0.2) is 47.5 Å². The number of aliphatic imine (C=N–C) groups is 1. The van der Waals surface area contributed by atoms with Gasteiger partial charge in [-0.05, 0) is 43.5 Å². The van der Waals surface area contributed by atoms with Crippen LogP contribution in [0.4, 0.5) is 4.39 Å². The molecule has 0 radical (unpaired) electrons. The lowest BCUT2D eigenvalue weighted by molar-refractivity contribution is 0.386. The molecule has 0 aromatic heterocycles. The minimum Gasteiger partial charge on any atom is -0.494 e. The van der Waals surface area contributed by atoms with Gasteiger partial charge in [0.2, 0.25) is 0 Å². The molecule has 0 aliphatic carbocycles. The zero-order valence-electron chi connectivity index (χ0n) is 15.3. The first-order chi connectivity index (χ1) is 12.0. The van der Waals surface area contributed by atoms with Crippen molar-refractivity contribution in [2.45, 2.75) is 26.3 Å². The van der Waals surface area contributed by atoms with Gasteiger partial charge in [-0.3, -0.25) is 4.99 Å². The molecular weight excluding hydrogens is 317 g/mol. The zero-order valence-corrected chi connectivity index (χ0v) is 15.3. The Hall–Kier alpha value is -2.56. The molecule has 134 valence electrons. The highest BCUT2D eigenvalue weighted by Crippen LogP contribution is 2.21. The number of ether oxygens (including phenoxy) is 1. The minimum absolute atomic E-state index is 0.0778. The fraction of sp³-hybridized carbons (Fsp3) is 0.350.